The number of hydrogen-bond donors (Lipinski definition) is 1. The molecule has 8 nitrogen and oxygen atoms in total. The number of aryl methyl sites for hydroxylation is 1. The topological polar surface area (TPSA) is 104 Å². The molecule has 0 aliphatic heterocycles. The summed E-state index contributed by atoms with van der Waals surface area (Å²) in [6.45, 7) is 2.30. The first-order chi connectivity index (χ1) is 17.0. The number of methoxy groups -OCH3 is 2. The molecule has 1 aromatic heterocycles. The van der Waals surface area contributed by atoms with E-state index in [0.29, 0.717) is 29.4 Å². The second-order valence-electron chi connectivity index (χ2n) is 7.88. The summed E-state index contributed by atoms with van der Waals surface area (Å²) in [7, 11) is 2.92. The second-order valence-corrected chi connectivity index (χ2v) is 7.88. The lowest BCUT2D eigenvalue weighted by molar-refractivity contribution is -0.139. The normalized spacial score (nSPS) is 10.7. The van der Waals surface area contributed by atoms with Crippen LogP contribution in [0, 0.1) is 6.92 Å². The Balaban J connectivity index is 1.60. The molecule has 0 saturated heterocycles. The van der Waals surface area contributed by atoms with Gasteiger partial charge in [-0.25, -0.2) is 0 Å². The molecular formula is C27H25N3O5. The SMILES string of the molecule is COCc1cc(-c2nc(-c3cccc(C(=O)NCC(=O)OC)c3)no2)ccc1-c1ccccc1C. The second kappa shape index (κ2) is 10.8. The number of ether oxygens (including phenoxy) is 2. The number of aromatic nitrogens is 2. The third kappa shape index (κ3) is 5.44. The highest BCUT2D eigenvalue weighted by Crippen LogP contribution is 2.31. The molecule has 1 heterocycles. The van der Waals surface area contributed by atoms with Crippen LogP contribution in [-0.2, 0) is 20.9 Å². The Morgan fingerprint density at radius 2 is 1.77 bits per heavy atom. The van der Waals surface area contributed by atoms with E-state index in [1.807, 2.05) is 30.3 Å². The molecule has 0 spiro atoms. The Kier molecular flexibility index (Phi) is 7.32. The highest BCUT2D eigenvalue weighted by Gasteiger charge is 2.16. The summed E-state index contributed by atoms with van der Waals surface area (Å²) in [6, 6.07) is 20.9. The van der Waals surface area contributed by atoms with Crippen LogP contribution in [0.3, 0.4) is 0 Å². The van der Waals surface area contributed by atoms with Crippen molar-refractivity contribution >= 4 is 11.9 Å². The van der Waals surface area contributed by atoms with Gasteiger partial charge in [0.25, 0.3) is 11.8 Å². The minimum atomic E-state index is -0.529. The van der Waals surface area contributed by atoms with Crippen molar-refractivity contribution < 1.29 is 23.6 Å². The number of esters is 1. The molecule has 0 atom stereocenters. The van der Waals surface area contributed by atoms with Crippen molar-refractivity contribution in [2.75, 3.05) is 20.8 Å². The maximum Gasteiger partial charge on any atom is 0.325 e. The van der Waals surface area contributed by atoms with Gasteiger partial charge in [-0.05, 0) is 53.4 Å². The number of hydrogen-bond acceptors (Lipinski definition) is 7. The lowest BCUT2D eigenvalue weighted by Crippen LogP contribution is -2.30. The quantitative estimate of drug-likeness (QED) is 0.379. The molecule has 4 rings (SSSR count). The molecule has 3 aromatic carbocycles. The van der Waals surface area contributed by atoms with E-state index in [-0.39, 0.29) is 6.54 Å². The fraction of sp³-hybridized carbons (Fsp3) is 0.185. The Bertz CT molecular complexity index is 1360. The van der Waals surface area contributed by atoms with Crippen LogP contribution in [0.15, 0.2) is 71.3 Å². The maximum absolute atomic E-state index is 12.4. The minimum absolute atomic E-state index is 0.214. The maximum atomic E-state index is 12.4. The molecule has 0 aliphatic rings. The summed E-state index contributed by atoms with van der Waals surface area (Å²) in [5, 5.41) is 6.61. The number of rotatable bonds is 8. The monoisotopic (exact) mass is 471 g/mol. The van der Waals surface area contributed by atoms with Crippen molar-refractivity contribution in [1.29, 1.82) is 0 Å². The van der Waals surface area contributed by atoms with E-state index < -0.39 is 11.9 Å². The molecule has 0 unspecified atom stereocenters. The van der Waals surface area contributed by atoms with E-state index in [0.717, 1.165) is 22.3 Å². The van der Waals surface area contributed by atoms with Crippen LogP contribution < -0.4 is 5.32 Å². The fourth-order valence-corrected chi connectivity index (χ4v) is 3.72. The number of amides is 1. The molecule has 8 heteroatoms. The largest absolute Gasteiger partial charge is 0.468 e. The van der Waals surface area contributed by atoms with Gasteiger partial charge in [0.05, 0.1) is 13.7 Å². The fourth-order valence-electron chi connectivity index (χ4n) is 3.72. The van der Waals surface area contributed by atoms with Gasteiger partial charge in [0.2, 0.25) is 5.82 Å². The van der Waals surface area contributed by atoms with E-state index in [9.17, 15) is 9.59 Å². The summed E-state index contributed by atoms with van der Waals surface area (Å²) < 4.78 is 15.5. The highest BCUT2D eigenvalue weighted by atomic mass is 16.5. The van der Waals surface area contributed by atoms with Gasteiger partial charge in [-0.3, -0.25) is 9.59 Å². The number of nitrogens with zero attached hydrogens (tertiary/aromatic N) is 2. The van der Waals surface area contributed by atoms with Crippen LogP contribution in [0.4, 0.5) is 0 Å². The first kappa shape index (κ1) is 23.8. The average Bonchev–Trinajstić information content (AvgIpc) is 3.38. The van der Waals surface area contributed by atoms with Gasteiger partial charge < -0.3 is 19.3 Å². The predicted octanol–water partition coefficient (Wildman–Crippen LogP) is 4.43. The predicted molar refractivity (Wildman–Crippen MR) is 130 cm³/mol. The number of carbonyl (C=O) groups is 2. The van der Waals surface area contributed by atoms with E-state index in [1.165, 1.54) is 12.7 Å². The van der Waals surface area contributed by atoms with E-state index in [2.05, 4.69) is 39.3 Å². The third-order valence-corrected chi connectivity index (χ3v) is 5.52. The van der Waals surface area contributed by atoms with Crippen molar-refractivity contribution in [2.24, 2.45) is 0 Å². The number of benzene rings is 3. The number of carbonyl (C=O) groups excluding carboxylic acids is 2. The smallest absolute Gasteiger partial charge is 0.325 e. The minimum Gasteiger partial charge on any atom is -0.468 e. The molecule has 0 aliphatic carbocycles. The van der Waals surface area contributed by atoms with Crippen molar-refractivity contribution in [3.63, 3.8) is 0 Å². The molecule has 0 fully saturated rings. The van der Waals surface area contributed by atoms with Gasteiger partial charge >= 0.3 is 5.97 Å². The zero-order chi connectivity index (χ0) is 24.8. The van der Waals surface area contributed by atoms with E-state index in [4.69, 9.17) is 9.26 Å². The Labute approximate surface area is 202 Å². The van der Waals surface area contributed by atoms with Crippen molar-refractivity contribution in [3.05, 3.63) is 83.4 Å². The van der Waals surface area contributed by atoms with Gasteiger partial charge in [-0.2, -0.15) is 4.98 Å². The first-order valence-corrected chi connectivity index (χ1v) is 11.0. The Morgan fingerprint density at radius 1 is 0.943 bits per heavy atom. The van der Waals surface area contributed by atoms with Gasteiger partial charge in [0, 0.05) is 23.8 Å². The summed E-state index contributed by atoms with van der Waals surface area (Å²) in [5.74, 6) is -0.233. The van der Waals surface area contributed by atoms with Crippen molar-refractivity contribution in [3.8, 4) is 34.0 Å². The first-order valence-electron chi connectivity index (χ1n) is 11.0. The van der Waals surface area contributed by atoms with Crippen LogP contribution in [0.5, 0.6) is 0 Å². The van der Waals surface area contributed by atoms with Gasteiger partial charge in [0.15, 0.2) is 0 Å². The highest BCUT2D eigenvalue weighted by molar-refractivity contribution is 5.96. The van der Waals surface area contributed by atoms with Crippen LogP contribution >= 0.6 is 0 Å². The average molecular weight is 472 g/mol. The molecule has 0 radical (unpaired) electrons. The van der Waals surface area contributed by atoms with Crippen LogP contribution in [0.1, 0.15) is 21.5 Å². The summed E-state index contributed by atoms with van der Waals surface area (Å²) >= 11 is 0. The lowest BCUT2D eigenvalue weighted by Gasteiger charge is -2.12. The molecule has 4 aromatic rings. The molecular weight excluding hydrogens is 446 g/mol. The van der Waals surface area contributed by atoms with Crippen molar-refractivity contribution in [1.82, 2.24) is 15.5 Å². The van der Waals surface area contributed by atoms with Crippen LogP contribution in [-0.4, -0.2) is 42.8 Å². The van der Waals surface area contributed by atoms with Crippen LogP contribution in [0.25, 0.3) is 34.0 Å². The molecule has 1 N–H and O–H groups in total. The Morgan fingerprint density at radius 3 is 2.54 bits per heavy atom. The third-order valence-electron chi connectivity index (χ3n) is 5.52. The standard InChI is InChI=1S/C27H25N3O5/c1-17-7-4-5-10-22(17)23-12-11-20(14-21(23)16-33-2)27-29-25(30-35-27)18-8-6-9-19(13-18)26(32)28-15-24(31)34-3/h4-14H,15-16H2,1-3H3,(H,28,32). The van der Waals surface area contributed by atoms with Gasteiger partial charge in [-0.15, -0.1) is 0 Å². The Hall–Kier alpha value is -4.30. The van der Waals surface area contributed by atoms with Crippen LogP contribution in [0.2, 0.25) is 0 Å². The molecule has 35 heavy (non-hydrogen) atoms. The van der Waals surface area contributed by atoms with E-state index >= 15 is 0 Å². The molecule has 0 saturated carbocycles. The zero-order valence-corrected chi connectivity index (χ0v) is 19.7. The lowest BCUT2D eigenvalue weighted by atomic mass is 9.94. The summed E-state index contributed by atoms with van der Waals surface area (Å²) in [4.78, 5) is 28.2. The zero-order valence-electron chi connectivity index (χ0n) is 19.7. The molecule has 1 amide bonds. The summed E-state index contributed by atoms with van der Waals surface area (Å²) in [6.07, 6.45) is 0. The number of nitrogens with one attached hydrogen (secondary N) is 1. The van der Waals surface area contributed by atoms with Gasteiger partial charge in [0.1, 0.15) is 6.54 Å². The van der Waals surface area contributed by atoms with Crippen molar-refractivity contribution in [2.45, 2.75) is 13.5 Å². The summed E-state index contributed by atoms with van der Waals surface area (Å²) in [5.41, 5.74) is 6.14. The van der Waals surface area contributed by atoms with E-state index in [1.54, 1.807) is 31.4 Å². The molecule has 178 valence electrons. The molecule has 0 bridgehead atoms. The van der Waals surface area contributed by atoms with Gasteiger partial charge in [-0.1, -0.05) is 47.6 Å².